The van der Waals surface area contributed by atoms with Crippen LogP contribution in [-0.2, 0) is 9.84 Å². The lowest BCUT2D eigenvalue weighted by Crippen LogP contribution is -2.16. The maximum absolute atomic E-state index is 11.6. The lowest BCUT2D eigenvalue weighted by Gasteiger charge is -2.05. The lowest BCUT2D eigenvalue weighted by atomic mass is 10.2. The Morgan fingerprint density at radius 3 is 2.75 bits per heavy atom. The Labute approximate surface area is 117 Å². The smallest absolute Gasteiger partial charge is 0.246 e. The molecular formula is C14H15NO4S. The van der Waals surface area contributed by atoms with Crippen LogP contribution in [0.3, 0.4) is 0 Å². The average Bonchev–Trinajstić information content (AvgIpc) is 2.77. The fraction of sp³-hybridized carbons (Fsp3) is 0.357. The second kappa shape index (κ2) is 5.97. The monoisotopic (exact) mass is 293 g/mol. The Hall–Kier alpha value is -2.00. The van der Waals surface area contributed by atoms with E-state index < -0.39 is 9.84 Å². The van der Waals surface area contributed by atoms with Crippen LogP contribution in [-0.4, -0.2) is 26.5 Å². The van der Waals surface area contributed by atoms with Gasteiger partial charge < -0.3 is 9.15 Å². The van der Waals surface area contributed by atoms with Crippen LogP contribution in [0, 0.1) is 11.3 Å². The van der Waals surface area contributed by atoms with E-state index in [4.69, 9.17) is 14.4 Å². The van der Waals surface area contributed by atoms with Gasteiger partial charge >= 0.3 is 0 Å². The molecule has 0 aliphatic rings. The third kappa shape index (κ3) is 3.11. The number of fused-ring (bicyclic) bond motifs is 1. The molecule has 0 N–H and O–H groups in total. The Morgan fingerprint density at radius 2 is 2.05 bits per heavy atom. The van der Waals surface area contributed by atoms with Crippen molar-refractivity contribution in [3.63, 3.8) is 0 Å². The van der Waals surface area contributed by atoms with Crippen LogP contribution < -0.4 is 4.74 Å². The molecule has 0 saturated carbocycles. The largest absolute Gasteiger partial charge is 0.487 e. The SMILES string of the molecule is CCCS(=O)(=O)CCOc1c(C#N)oc2ccccc12. The molecule has 0 unspecified atom stereocenters. The summed E-state index contributed by atoms with van der Waals surface area (Å²) in [6.07, 6.45) is 0.584. The van der Waals surface area contributed by atoms with Gasteiger partial charge in [-0.05, 0) is 18.6 Å². The Balaban J connectivity index is 2.16. The maximum Gasteiger partial charge on any atom is 0.246 e. The van der Waals surface area contributed by atoms with Crippen molar-refractivity contribution in [2.45, 2.75) is 13.3 Å². The molecule has 2 aromatic rings. The van der Waals surface area contributed by atoms with Gasteiger partial charge in [0.2, 0.25) is 5.76 Å². The zero-order valence-corrected chi connectivity index (χ0v) is 11.9. The fourth-order valence-electron chi connectivity index (χ4n) is 1.92. The highest BCUT2D eigenvalue weighted by molar-refractivity contribution is 7.91. The van der Waals surface area contributed by atoms with Crippen molar-refractivity contribution in [2.24, 2.45) is 0 Å². The molecule has 106 valence electrons. The summed E-state index contributed by atoms with van der Waals surface area (Å²) < 4.78 is 34.0. The molecule has 0 amide bonds. The molecule has 5 nitrogen and oxygen atoms in total. The maximum atomic E-state index is 11.6. The number of hydrogen-bond donors (Lipinski definition) is 0. The van der Waals surface area contributed by atoms with E-state index >= 15 is 0 Å². The summed E-state index contributed by atoms with van der Waals surface area (Å²) >= 11 is 0. The number of nitriles is 1. The summed E-state index contributed by atoms with van der Waals surface area (Å²) in [6.45, 7) is 1.83. The fourth-order valence-corrected chi connectivity index (χ4v) is 3.09. The number of para-hydroxylation sites is 1. The van der Waals surface area contributed by atoms with Gasteiger partial charge in [0.25, 0.3) is 0 Å². The van der Waals surface area contributed by atoms with Crippen molar-refractivity contribution < 1.29 is 17.6 Å². The van der Waals surface area contributed by atoms with Crippen molar-refractivity contribution >= 4 is 20.8 Å². The van der Waals surface area contributed by atoms with E-state index in [1.54, 1.807) is 24.3 Å². The van der Waals surface area contributed by atoms with E-state index in [-0.39, 0.29) is 23.9 Å². The van der Waals surface area contributed by atoms with Crippen molar-refractivity contribution in [1.82, 2.24) is 0 Å². The molecule has 0 spiro atoms. The molecular weight excluding hydrogens is 278 g/mol. The van der Waals surface area contributed by atoms with Crippen LogP contribution >= 0.6 is 0 Å². The van der Waals surface area contributed by atoms with Gasteiger partial charge in [-0.2, -0.15) is 5.26 Å². The van der Waals surface area contributed by atoms with Gasteiger partial charge in [-0.3, -0.25) is 0 Å². The average molecular weight is 293 g/mol. The van der Waals surface area contributed by atoms with Gasteiger partial charge in [-0.1, -0.05) is 19.1 Å². The molecule has 0 radical (unpaired) electrons. The number of benzene rings is 1. The molecule has 2 rings (SSSR count). The number of hydrogen-bond acceptors (Lipinski definition) is 5. The predicted molar refractivity (Wildman–Crippen MR) is 75.4 cm³/mol. The van der Waals surface area contributed by atoms with Gasteiger partial charge in [0, 0.05) is 0 Å². The number of ether oxygens (including phenoxy) is 1. The van der Waals surface area contributed by atoms with Crippen LogP contribution in [0.1, 0.15) is 19.1 Å². The van der Waals surface area contributed by atoms with Gasteiger partial charge in [0.05, 0.1) is 16.9 Å². The minimum Gasteiger partial charge on any atom is -0.487 e. The molecule has 1 aromatic carbocycles. The van der Waals surface area contributed by atoms with Crippen LogP contribution in [0.2, 0.25) is 0 Å². The van der Waals surface area contributed by atoms with E-state index in [2.05, 4.69) is 0 Å². The summed E-state index contributed by atoms with van der Waals surface area (Å²) in [5.41, 5.74) is 0.551. The first kappa shape index (κ1) is 14.4. The van der Waals surface area contributed by atoms with E-state index in [0.717, 1.165) is 0 Å². The van der Waals surface area contributed by atoms with Crippen LogP contribution in [0.5, 0.6) is 5.75 Å². The molecule has 0 aliphatic heterocycles. The highest BCUT2D eigenvalue weighted by Gasteiger charge is 2.16. The van der Waals surface area contributed by atoms with E-state index in [1.165, 1.54) is 0 Å². The van der Waals surface area contributed by atoms with Crippen molar-refractivity contribution in [3.05, 3.63) is 30.0 Å². The summed E-state index contributed by atoms with van der Waals surface area (Å²) in [6, 6.07) is 9.02. The third-order valence-corrected chi connectivity index (χ3v) is 4.63. The van der Waals surface area contributed by atoms with Crippen molar-refractivity contribution in [2.75, 3.05) is 18.1 Å². The summed E-state index contributed by atoms with van der Waals surface area (Å²) in [7, 11) is -3.10. The predicted octanol–water partition coefficient (Wildman–Crippen LogP) is 2.51. The molecule has 1 heterocycles. The Bertz CT molecular complexity index is 740. The number of rotatable bonds is 6. The minimum atomic E-state index is -3.10. The minimum absolute atomic E-state index is 0.0144. The normalized spacial score (nSPS) is 11.4. The first-order valence-corrected chi connectivity index (χ1v) is 8.14. The molecule has 0 atom stereocenters. The number of sulfone groups is 1. The molecule has 20 heavy (non-hydrogen) atoms. The summed E-state index contributed by atoms with van der Waals surface area (Å²) in [5.74, 6) is 0.465. The Morgan fingerprint density at radius 1 is 1.30 bits per heavy atom. The Kier molecular flexibility index (Phi) is 4.30. The highest BCUT2D eigenvalue weighted by Crippen LogP contribution is 2.32. The van der Waals surface area contributed by atoms with Gasteiger partial charge in [-0.15, -0.1) is 0 Å². The molecule has 1 aromatic heterocycles. The molecule has 0 aliphatic carbocycles. The van der Waals surface area contributed by atoms with Crippen molar-refractivity contribution in [3.8, 4) is 11.8 Å². The van der Waals surface area contributed by atoms with Gasteiger partial charge in [0.1, 0.15) is 18.3 Å². The van der Waals surface area contributed by atoms with Crippen LogP contribution in [0.25, 0.3) is 11.0 Å². The topological polar surface area (TPSA) is 80.3 Å². The van der Waals surface area contributed by atoms with E-state index in [9.17, 15) is 8.42 Å². The standard InChI is InChI=1S/C14H15NO4S/c1-2-8-20(16,17)9-7-18-14-11-5-3-4-6-12(11)19-13(14)10-15/h3-6H,2,7-9H2,1H3. The second-order valence-corrected chi connectivity index (χ2v) is 6.67. The zero-order chi connectivity index (χ0) is 14.6. The van der Waals surface area contributed by atoms with Crippen LogP contribution in [0.4, 0.5) is 0 Å². The number of furan rings is 1. The summed E-state index contributed by atoms with van der Waals surface area (Å²) in [5, 5.41) is 9.70. The second-order valence-electron chi connectivity index (χ2n) is 4.37. The first-order valence-electron chi connectivity index (χ1n) is 6.32. The van der Waals surface area contributed by atoms with Gasteiger partial charge in [0.15, 0.2) is 15.6 Å². The molecule has 6 heteroatoms. The van der Waals surface area contributed by atoms with Crippen molar-refractivity contribution in [1.29, 1.82) is 5.26 Å². The van der Waals surface area contributed by atoms with E-state index in [0.29, 0.717) is 23.1 Å². The van der Waals surface area contributed by atoms with Crippen LogP contribution in [0.15, 0.2) is 28.7 Å². The molecule has 0 fully saturated rings. The third-order valence-electron chi connectivity index (χ3n) is 2.81. The zero-order valence-electron chi connectivity index (χ0n) is 11.1. The quantitative estimate of drug-likeness (QED) is 0.817. The highest BCUT2D eigenvalue weighted by atomic mass is 32.2. The first-order chi connectivity index (χ1) is 9.57. The lowest BCUT2D eigenvalue weighted by molar-refractivity contribution is 0.337. The molecule has 0 bridgehead atoms. The molecule has 0 saturated heterocycles. The number of nitrogens with zero attached hydrogens (tertiary/aromatic N) is 1. The summed E-state index contributed by atoms with van der Waals surface area (Å²) in [4.78, 5) is 0. The van der Waals surface area contributed by atoms with Gasteiger partial charge in [-0.25, -0.2) is 8.42 Å². The van der Waals surface area contributed by atoms with E-state index in [1.807, 2.05) is 13.0 Å².